The van der Waals surface area contributed by atoms with Crippen LogP contribution in [-0.4, -0.2) is 21.4 Å². The van der Waals surface area contributed by atoms with Crippen molar-refractivity contribution in [2.24, 2.45) is 10.8 Å². The summed E-state index contributed by atoms with van der Waals surface area (Å²) in [5, 5.41) is 20.3. The van der Waals surface area contributed by atoms with E-state index in [0.717, 1.165) is 0 Å². The van der Waals surface area contributed by atoms with Gasteiger partial charge in [-0.2, -0.15) is 0 Å². The molecule has 2 nitrogen and oxygen atoms in total. The second-order valence-electron chi connectivity index (χ2n) is 7.14. The highest BCUT2D eigenvalue weighted by Gasteiger charge is 2.34. The number of aliphatic hydroxyl groups is 2. The van der Waals surface area contributed by atoms with E-state index in [1.165, 1.54) is 0 Å². The Balaban J connectivity index is 5.05. The number of hydrogen-bond acceptors (Lipinski definition) is 2. The van der Waals surface area contributed by atoms with E-state index >= 15 is 0 Å². The lowest BCUT2D eigenvalue weighted by molar-refractivity contribution is 0.0123. The lowest BCUT2D eigenvalue weighted by Gasteiger charge is -2.32. The maximum absolute atomic E-state index is 10.1. The van der Waals surface area contributed by atoms with Crippen molar-refractivity contribution in [1.29, 1.82) is 0 Å². The monoisotopic (exact) mass is 250 g/mol. The second kappa shape index (κ2) is 4.96. The molecule has 0 rings (SSSR count). The van der Waals surface area contributed by atoms with Crippen molar-refractivity contribution >= 4 is 0 Å². The summed E-state index contributed by atoms with van der Waals surface area (Å²) >= 11 is 0. The Bertz CT molecular complexity index is 364. The molecule has 0 bridgehead atoms. The van der Waals surface area contributed by atoms with Crippen molar-refractivity contribution in [3.63, 3.8) is 0 Å². The van der Waals surface area contributed by atoms with Gasteiger partial charge in [0.05, 0.1) is 0 Å². The molecule has 0 saturated carbocycles. The van der Waals surface area contributed by atoms with Crippen LogP contribution < -0.4 is 0 Å². The summed E-state index contributed by atoms with van der Waals surface area (Å²) in [6, 6.07) is 0. The van der Waals surface area contributed by atoms with Crippen LogP contribution in [-0.2, 0) is 0 Å². The van der Waals surface area contributed by atoms with Crippen molar-refractivity contribution in [2.75, 3.05) is 0 Å². The lowest BCUT2D eigenvalue weighted by atomic mass is 9.78. The van der Waals surface area contributed by atoms with Gasteiger partial charge in [0, 0.05) is 10.8 Å². The van der Waals surface area contributed by atoms with Crippen molar-refractivity contribution in [1.82, 2.24) is 0 Å². The largest absolute Gasteiger partial charge is 0.377 e. The van der Waals surface area contributed by atoms with Crippen LogP contribution in [0.15, 0.2) is 0 Å². The Kier molecular flexibility index (Phi) is 4.70. The maximum atomic E-state index is 10.1. The van der Waals surface area contributed by atoms with Gasteiger partial charge in [0.1, 0.15) is 11.2 Å². The van der Waals surface area contributed by atoms with E-state index in [1.807, 2.05) is 41.5 Å². The molecule has 0 aromatic rings. The average Bonchev–Trinajstić information content (AvgIpc) is 2.08. The summed E-state index contributed by atoms with van der Waals surface area (Å²) in [5.41, 5.74) is -2.88. The molecule has 0 spiro atoms. The van der Waals surface area contributed by atoms with E-state index in [2.05, 4.69) is 23.7 Å². The zero-order valence-corrected chi connectivity index (χ0v) is 12.9. The van der Waals surface area contributed by atoms with E-state index in [4.69, 9.17) is 0 Å². The van der Waals surface area contributed by atoms with Crippen molar-refractivity contribution in [3.05, 3.63) is 0 Å². The van der Waals surface area contributed by atoms with Gasteiger partial charge < -0.3 is 10.2 Å². The van der Waals surface area contributed by atoms with Crippen LogP contribution in [0.5, 0.6) is 0 Å². The van der Waals surface area contributed by atoms with Crippen molar-refractivity contribution in [3.8, 4) is 23.7 Å². The molecule has 2 atom stereocenters. The molecule has 0 radical (unpaired) electrons. The fraction of sp³-hybridized carbons (Fsp3) is 0.750. The van der Waals surface area contributed by atoms with E-state index in [9.17, 15) is 10.2 Å². The fourth-order valence-corrected chi connectivity index (χ4v) is 0.681. The Morgan fingerprint density at radius 2 is 0.778 bits per heavy atom. The number of rotatable bonds is 0. The number of hydrogen-bond donors (Lipinski definition) is 2. The molecule has 0 aliphatic carbocycles. The van der Waals surface area contributed by atoms with Crippen molar-refractivity contribution < 1.29 is 10.2 Å². The Morgan fingerprint density at radius 3 is 0.944 bits per heavy atom. The molecule has 2 N–H and O–H groups in total. The van der Waals surface area contributed by atoms with Gasteiger partial charge >= 0.3 is 0 Å². The molecule has 0 aliphatic heterocycles. The molecule has 0 fully saturated rings. The predicted molar refractivity (Wildman–Crippen MR) is 75.7 cm³/mol. The third-order valence-corrected chi connectivity index (χ3v) is 3.60. The van der Waals surface area contributed by atoms with Gasteiger partial charge in [-0.25, -0.2) is 0 Å². The first kappa shape index (κ1) is 17.0. The standard InChI is InChI=1S/C16H26O2/c1-13(2,3)15(7,17)11-9-10-12-16(8,18)14(4,5)6/h17-18H,1-8H3/t15-,16+. The van der Waals surface area contributed by atoms with Gasteiger partial charge in [-0.05, 0) is 25.7 Å². The summed E-state index contributed by atoms with van der Waals surface area (Å²) < 4.78 is 0. The second-order valence-corrected chi connectivity index (χ2v) is 7.14. The molecule has 0 aromatic heterocycles. The fourth-order valence-electron chi connectivity index (χ4n) is 0.681. The minimum Gasteiger partial charge on any atom is -0.377 e. The van der Waals surface area contributed by atoms with Crippen LogP contribution in [0.1, 0.15) is 55.4 Å². The molecule has 18 heavy (non-hydrogen) atoms. The molecule has 2 heteroatoms. The van der Waals surface area contributed by atoms with Crippen LogP contribution in [0.25, 0.3) is 0 Å². The third-order valence-electron chi connectivity index (χ3n) is 3.60. The molecular weight excluding hydrogens is 224 g/mol. The molecule has 0 saturated heterocycles. The zero-order chi connectivity index (χ0) is 14.8. The van der Waals surface area contributed by atoms with Crippen molar-refractivity contribution in [2.45, 2.75) is 66.6 Å². The highest BCUT2D eigenvalue weighted by Crippen LogP contribution is 2.29. The normalized spacial score (nSPS) is 18.6. The Morgan fingerprint density at radius 1 is 0.556 bits per heavy atom. The minimum atomic E-state index is -1.10. The van der Waals surface area contributed by atoms with E-state index in [1.54, 1.807) is 13.8 Å². The minimum absolute atomic E-state index is 0.339. The summed E-state index contributed by atoms with van der Waals surface area (Å²) in [4.78, 5) is 0. The van der Waals surface area contributed by atoms with Crippen LogP contribution in [0.2, 0.25) is 0 Å². The summed E-state index contributed by atoms with van der Waals surface area (Å²) in [6.45, 7) is 14.8. The molecule has 0 unspecified atom stereocenters. The summed E-state index contributed by atoms with van der Waals surface area (Å²) in [6.07, 6.45) is 0. The first-order valence-corrected chi connectivity index (χ1v) is 6.20. The quantitative estimate of drug-likeness (QED) is 0.649. The van der Waals surface area contributed by atoms with Crippen LogP contribution in [0.4, 0.5) is 0 Å². The van der Waals surface area contributed by atoms with Gasteiger partial charge in [0.15, 0.2) is 0 Å². The Hall–Kier alpha value is -0.960. The van der Waals surface area contributed by atoms with Gasteiger partial charge in [0.25, 0.3) is 0 Å². The molecular formula is C16H26O2. The van der Waals surface area contributed by atoms with Gasteiger partial charge in [-0.1, -0.05) is 53.4 Å². The van der Waals surface area contributed by atoms with Crippen LogP contribution >= 0.6 is 0 Å². The smallest absolute Gasteiger partial charge is 0.128 e. The van der Waals surface area contributed by atoms with Crippen LogP contribution in [0.3, 0.4) is 0 Å². The molecule has 0 amide bonds. The van der Waals surface area contributed by atoms with Gasteiger partial charge in [-0.3, -0.25) is 0 Å². The van der Waals surface area contributed by atoms with E-state index < -0.39 is 11.2 Å². The molecule has 0 heterocycles. The maximum Gasteiger partial charge on any atom is 0.128 e. The predicted octanol–water partition coefficient (Wildman–Crippen LogP) is 2.59. The van der Waals surface area contributed by atoms with Gasteiger partial charge in [0.2, 0.25) is 0 Å². The van der Waals surface area contributed by atoms with Gasteiger partial charge in [-0.15, -0.1) is 0 Å². The average molecular weight is 250 g/mol. The van der Waals surface area contributed by atoms with Crippen LogP contribution in [0, 0.1) is 34.5 Å². The molecule has 0 aromatic carbocycles. The lowest BCUT2D eigenvalue weighted by Crippen LogP contribution is -2.38. The SMILES string of the molecule is CC(C)(C)[C@@](C)(O)C#CC#C[C@@](C)(O)C(C)(C)C. The first-order chi connectivity index (χ1) is 7.71. The first-order valence-electron chi connectivity index (χ1n) is 6.20. The highest BCUT2D eigenvalue weighted by molar-refractivity contribution is 5.33. The van der Waals surface area contributed by atoms with E-state index in [0.29, 0.717) is 0 Å². The topological polar surface area (TPSA) is 40.5 Å². The van der Waals surface area contributed by atoms with E-state index in [-0.39, 0.29) is 10.8 Å². The summed E-state index contributed by atoms with van der Waals surface area (Å²) in [5.74, 6) is 10.8. The molecule has 0 aliphatic rings. The summed E-state index contributed by atoms with van der Waals surface area (Å²) in [7, 11) is 0. The zero-order valence-electron chi connectivity index (χ0n) is 12.9. The molecule has 102 valence electrons. The Labute approximate surface area is 112 Å². The third kappa shape index (κ3) is 4.37. The highest BCUT2D eigenvalue weighted by atomic mass is 16.3.